The second-order valence-electron chi connectivity index (χ2n) is 6.79. The van der Waals surface area contributed by atoms with E-state index in [-0.39, 0.29) is 18.3 Å². The summed E-state index contributed by atoms with van der Waals surface area (Å²) >= 11 is 0. The molecule has 0 radical (unpaired) electrons. The van der Waals surface area contributed by atoms with Crippen LogP contribution in [0.3, 0.4) is 0 Å². The van der Waals surface area contributed by atoms with E-state index in [0.29, 0.717) is 12.3 Å². The molecule has 0 N–H and O–H groups in total. The van der Waals surface area contributed by atoms with Gasteiger partial charge in [0.15, 0.2) is 0 Å². The molecule has 1 fully saturated rings. The molecule has 3 rings (SSSR count). The standard InChI is InChI=1S/C21H23NO3/c1-13-8-9-18(10-15(13)3)25-21(24)17-11-20(23)22(12-17)19-7-5-6-14(2)16(19)4/h5-10,17H,11-12H2,1-4H3/t17-/m1/s1. The Labute approximate surface area is 148 Å². The number of hydrogen-bond donors (Lipinski definition) is 0. The molecule has 130 valence electrons. The Balaban J connectivity index is 1.74. The van der Waals surface area contributed by atoms with Gasteiger partial charge in [-0.3, -0.25) is 9.59 Å². The summed E-state index contributed by atoms with van der Waals surface area (Å²) in [7, 11) is 0. The number of hydrogen-bond acceptors (Lipinski definition) is 3. The predicted molar refractivity (Wildman–Crippen MR) is 97.9 cm³/mol. The van der Waals surface area contributed by atoms with E-state index >= 15 is 0 Å². The summed E-state index contributed by atoms with van der Waals surface area (Å²) in [6.45, 7) is 8.38. The Hall–Kier alpha value is -2.62. The first-order valence-electron chi connectivity index (χ1n) is 8.52. The molecule has 0 aliphatic carbocycles. The number of benzene rings is 2. The fraction of sp³-hybridized carbons (Fsp3) is 0.333. The van der Waals surface area contributed by atoms with Gasteiger partial charge in [-0.15, -0.1) is 0 Å². The fourth-order valence-corrected chi connectivity index (χ4v) is 3.10. The Bertz CT molecular complexity index is 841. The highest BCUT2D eigenvalue weighted by molar-refractivity contribution is 6.00. The first-order valence-corrected chi connectivity index (χ1v) is 8.52. The van der Waals surface area contributed by atoms with Gasteiger partial charge in [0.1, 0.15) is 5.75 Å². The second kappa shape index (κ2) is 6.71. The van der Waals surface area contributed by atoms with Crippen LogP contribution in [0.4, 0.5) is 5.69 Å². The first kappa shape index (κ1) is 17.2. The van der Waals surface area contributed by atoms with Crippen molar-refractivity contribution in [3.05, 3.63) is 58.7 Å². The molecule has 1 heterocycles. The molecule has 1 atom stereocenters. The quantitative estimate of drug-likeness (QED) is 0.631. The van der Waals surface area contributed by atoms with Gasteiger partial charge in [0, 0.05) is 18.7 Å². The van der Waals surface area contributed by atoms with Crippen LogP contribution in [0, 0.1) is 33.6 Å². The molecule has 2 aromatic carbocycles. The highest BCUT2D eigenvalue weighted by atomic mass is 16.5. The number of carbonyl (C=O) groups is 2. The summed E-state index contributed by atoms with van der Waals surface area (Å²) in [6.07, 6.45) is 0.192. The van der Waals surface area contributed by atoms with E-state index in [0.717, 1.165) is 27.9 Å². The number of esters is 1. The molecule has 0 bridgehead atoms. The van der Waals surface area contributed by atoms with E-state index < -0.39 is 5.92 Å². The van der Waals surface area contributed by atoms with Crippen molar-refractivity contribution in [1.29, 1.82) is 0 Å². The number of amides is 1. The van der Waals surface area contributed by atoms with E-state index in [9.17, 15) is 9.59 Å². The molecule has 0 spiro atoms. The summed E-state index contributed by atoms with van der Waals surface area (Å²) < 4.78 is 5.50. The van der Waals surface area contributed by atoms with E-state index in [1.807, 2.05) is 58.0 Å². The minimum Gasteiger partial charge on any atom is -0.426 e. The third-order valence-electron chi connectivity index (χ3n) is 5.02. The van der Waals surface area contributed by atoms with Crippen molar-refractivity contribution in [2.24, 2.45) is 5.92 Å². The zero-order chi connectivity index (χ0) is 18.1. The smallest absolute Gasteiger partial charge is 0.316 e. The molecule has 0 aromatic heterocycles. The van der Waals surface area contributed by atoms with Gasteiger partial charge < -0.3 is 9.64 Å². The van der Waals surface area contributed by atoms with Crippen LogP contribution in [0.2, 0.25) is 0 Å². The Morgan fingerprint density at radius 3 is 2.52 bits per heavy atom. The van der Waals surface area contributed by atoms with E-state index in [4.69, 9.17) is 4.74 Å². The molecule has 1 aliphatic rings. The fourth-order valence-electron chi connectivity index (χ4n) is 3.10. The van der Waals surface area contributed by atoms with Crippen LogP contribution in [-0.2, 0) is 9.59 Å². The molecule has 4 nitrogen and oxygen atoms in total. The van der Waals surface area contributed by atoms with E-state index in [1.165, 1.54) is 0 Å². The Morgan fingerprint density at radius 1 is 1.04 bits per heavy atom. The molecule has 4 heteroatoms. The molecule has 1 saturated heterocycles. The van der Waals surface area contributed by atoms with Gasteiger partial charge in [0.2, 0.25) is 5.91 Å². The van der Waals surface area contributed by atoms with Gasteiger partial charge in [-0.1, -0.05) is 18.2 Å². The third kappa shape index (κ3) is 3.43. The number of ether oxygens (including phenoxy) is 1. The van der Waals surface area contributed by atoms with Crippen LogP contribution in [0.1, 0.15) is 28.7 Å². The lowest BCUT2D eigenvalue weighted by molar-refractivity contribution is -0.139. The van der Waals surface area contributed by atoms with Crippen molar-refractivity contribution in [3.63, 3.8) is 0 Å². The highest BCUT2D eigenvalue weighted by Crippen LogP contribution is 2.30. The minimum absolute atomic E-state index is 0.0317. The molecular formula is C21H23NO3. The predicted octanol–water partition coefficient (Wildman–Crippen LogP) is 3.88. The second-order valence-corrected chi connectivity index (χ2v) is 6.79. The maximum Gasteiger partial charge on any atom is 0.316 e. The molecule has 0 saturated carbocycles. The van der Waals surface area contributed by atoms with Crippen LogP contribution < -0.4 is 9.64 Å². The van der Waals surface area contributed by atoms with E-state index in [2.05, 4.69) is 0 Å². The number of aryl methyl sites for hydroxylation is 3. The van der Waals surface area contributed by atoms with Crippen LogP contribution in [-0.4, -0.2) is 18.4 Å². The summed E-state index contributed by atoms with van der Waals surface area (Å²) in [5, 5.41) is 0. The van der Waals surface area contributed by atoms with Crippen molar-refractivity contribution in [3.8, 4) is 5.75 Å². The summed E-state index contributed by atoms with van der Waals surface area (Å²) in [5.41, 5.74) is 5.30. The zero-order valence-electron chi connectivity index (χ0n) is 15.1. The molecule has 25 heavy (non-hydrogen) atoms. The van der Waals surface area contributed by atoms with Crippen molar-refractivity contribution >= 4 is 17.6 Å². The monoisotopic (exact) mass is 337 g/mol. The van der Waals surface area contributed by atoms with Gasteiger partial charge in [-0.2, -0.15) is 0 Å². The normalized spacial score (nSPS) is 17.0. The molecule has 2 aromatic rings. The average molecular weight is 337 g/mol. The maximum absolute atomic E-state index is 12.5. The van der Waals surface area contributed by atoms with Gasteiger partial charge >= 0.3 is 5.97 Å². The number of anilines is 1. The van der Waals surface area contributed by atoms with Gasteiger partial charge in [0.05, 0.1) is 5.92 Å². The number of carbonyl (C=O) groups excluding carboxylic acids is 2. The van der Waals surface area contributed by atoms with Crippen LogP contribution in [0.5, 0.6) is 5.75 Å². The van der Waals surface area contributed by atoms with Crippen molar-refractivity contribution in [2.75, 3.05) is 11.4 Å². The first-order chi connectivity index (χ1) is 11.9. The number of nitrogens with zero attached hydrogens (tertiary/aromatic N) is 1. The van der Waals surface area contributed by atoms with Gasteiger partial charge in [-0.05, 0) is 68.1 Å². The van der Waals surface area contributed by atoms with Crippen LogP contribution in [0.25, 0.3) is 0 Å². The topological polar surface area (TPSA) is 46.6 Å². The third-order valence-corrected chi connectivity index (χ3v) is 5.02. The molecule has 0 unspecified atom stereocenters. The summed E-state index contributed by atoms with van der Waals surface area (Å²) in [5.74, 6) is -0.278. The Kier molecular flexibility index (Phi) is 4.62. The number of rotatable bonds is 3. The molecule has 1 aliphatic heterocycles. The largest absolute Gasteiger partial charge is 0.426 e. The van der Waals surface area contributed by atoms with E-state index in [1.54, 1.807) is 11.0 Å². The van der Waals surface area contributed by atoms with Crippen LogP contribution in [0.15, 0.2) is 36.4 Å². The average Bonchev–Trinajstić information content (AvgIpc) is 2.95. The van der Waals surface area contributed by atoms with Gasteiger partial charge in [-0.25, -0.2) is 0 Å². The SMILES string of the molecule is Cc1ccc(OC(=O)[C@@H]2CC(=O)N(c3cccc(C)c3C)C2)cc1C. The lowest BCUT2D eigenvalue weighted by Gasteiger charge is -2.20. The Morgan fingerprint density at radius 2 is 1.80 bits per heavy atom. The van der Waals surface area contributed by atoms with Crippen molar-refractivity contribution in [1.82, 2.24) is 0 Å². The van der Waals surface area contributed by atoms with Crippen molar-refractivity contribution in [2.45, 2.75) is 34.1 Å². The summed E-state index contributed by atoms with van der Waals surface area (Å²) in [6, 6.07) is 11.5. The van der Waals surface area contributed by atoms with Crippen LogP contribution >= 0.6 is 0 Å². The van der Waals surface area contributed by atoms with Gasteiger partial charge in [0.25, 0.3) is 0 Å². The highest BCUT2D eigenvalue weighted by Gasteiger charge is 2.37. The summed E-state index contributed by atoms with van der Waals surface area (Å²) in [4.78, 5) is 26.6. The molecule has 1 amide bonds. The lowest BCUT2D eigenvalue weighted by atomic mass is 10.1. The minimum atomic E-state index is -0.436. The maximum atomic E-state index is 12.5. The molecular weight excluding hydrogens is 314 g/mol. The van der Waals surface area contributed by atoms with Crippen molar-refractivity contribution < 1.29 is 14.3 Å². The zero-order valence-corrected chi connectivity index (χ0v) is 15.1. The lowest BCUT2D eigenvalue weighted by Crippen LogP contribution is -2.28.